The number of hydrogen-bond donors (Lipinski definition) is 1. The molecule has 42 heavy (non-hydrogen) atoms. The molecule has 2 aromatic heterocycles. The molecule has 0 spiro atoms. The summed E-state index contributed by atoms with van der Waals surface area (Å²) >= 11 is 1.18. The van der Waals surface area contributed by atoms with Crippen LogP contribution in [0.2, 0.25) is 0 Å². The monoisotopic (exact) mass is 604 g/mol. The fourth-order valence-corrected chi connectivity index (χ4v) is 7.64. The zero-order valence-electron chi connectivity index (χ0n) is 24.3. The highest BCUT2D eigenvalue weighted by Gasteiger charge is 2.62. The third-order valence-electron chi connectivity index (χ3n) is 9.69. The summed E-state index contributed by atoms with van der Waals surface area (Å²) in [7, 11) is 0. The molecule has 1 aliphatic carbocycles. The van der Waals surface area contributed by atoms with Crippen molar-refractivity contribution < 1.29 is 22.8 Å². The number of rotatable bonds is 6. The molecule has 0 radical (unpaired) electrons. The van der Waals surface area contributed by atoms with E-state index in [1.807, 2.05) is 16.9 Å². The number of carbonyl (C=O) groups is 2. The van der Waals surface area contributed by atoms with E-state index in [1.165, 1.54) is 11.9 Å². The van der Waals surface area contributed by atoms with Crippen LogP contribution in [0.1, 0.15) is 88.4 Å². The van der Waals surface area contributed by atoms with Crippen LogP contribution in [-0.4, -0.2) is 51.4 Å². The second-order valence-electron chi connectivity index (χ2n) is 13.1. The van der Waals surface area contributed by atoms with Crippen molar-refractivity contribution in [3.05, 3.63) is 30.0 Å². The number of alkyl halides is 3. The van der Waals surface area contributed by atoms with Crippen molar-refractivity contribution >= 4 is 35.4 Å². The Morgan fingerprint density at radius 3 is 2.67 bits per heavy atom. The fourth-order valence-electron chi connectivity index (χ4n) is 7.06. The summed E-state index contributed by atoms with van der Waals surface area (Å²) < 4.78 is 44.6. The van der Waals surface area contributed by atoms with Crippen molar-refractivity contribution in [2.75, 3.05) is 22.9 Å². The van der Waals surface area contributed by atoms with Gasteiger partial charge in [-0.1, -0.05) is 12.8 Å². The van der Waals surface area contributed by atoms with Gasteiger partial charge in [0.05, 0.1) is 11.0 Å². The molecule has 2 saturated heterocycles. The number of unbranched alkanes of at least 4 members (excludes halogenated alkanes) is 1. The van der Waals surface area contributed by atoms with Crippen molar-refractivity contribution in [1.29, 1.82) is 0 Å². The normalized spacial score (nSPS) is 25.3. The zero-order valence-corrected chi connectivity index (χ0v) is 25.1. The van der Waals surface area contributed by atoms with Crippen molar-refractivity contribution in [3.8, 4) is 0 Å². The lowest BCUT2D eigenvalue weighted by atomic mass is 9.93. The second-order valence-corrected chi connectivity index (χ2v) is 14.0. The van der Waals surface area contributed by atoms with Gasteiger partial charge >= 0.3 is 6.18 Å². The quantitative estimate of drug-likeness (QED) is 0.305. The third-order valence-corrected chi connectivity index (χ3v) is 10.4. The Morgan fingerprint density at radius 1 is 1.10 bits per heavy atom. The number of nitrogens with one attached hydrogen (secondary N) is 1. The number of nitrogens with zero attached hydrogens (tertiary/aromatic N) is 5. The molecule has 3 aliphatic heterocycles. The third kappa shape index (κ3) is 5.75. The van der Waals surface area contributed by atoms with E-state index in [1.54, 1.807) is 17.0 Å². The summed E-state index contributed by atoms with van der Waals surface area (Å²) in [5.41, 5.74) is -1.24. The minimum atomic E-state index is -4.12. The lowest BCUT2D eigenvalue weighted by Gasteiger charge is -2.34. The lowest BCUT2D eigenvalue weighted by Crippen LogP contribution is -2.40. The molecular weight excluding hydrogens is 565 g/mol. The van der Waals surface area contributed by atoms with Crippen LogP contribution in [0.3, 0.4) is 0 Å². The van der Waals surface area contributed by atoms with E-state index in [0.29, 0.717) is 55.3 Å². The number of aromatic nitrogens is 3. The molecule has 1 N–H and O–H groups in total. The summed E-state index contributed by atoms with van der Waals surface area (Å²) in [6.07, 6.45) is 3.79. The molecule has 2 amide bonds. The Kier molecular flexibility index (Phi) is 7.72. The molecule has 12 heteroatoms. The van der Waals surface area contributed by atoms with Crippen molar-refractivity contribution in [2.24, 2.45) is 17.3 Å². The highest BCUT2D eigenvalue weighted by atomic mass is 32.2. The number of aryl methyl sites for hydroxylation is 1. The van der Waals surface area contributed by atoms with Crippen LogP contribution in [0.4, 0.5) is 24.8 Å². The van der Waals surface area contributed by atoms with Gasteiger partial charge in [-0.2, -0.15) is 18.3 Å². The molecule has 0 aromatic carbocycles. The molecule has 228 valence electrons. The summed E-state index contributed by atoms with van der Waals surface area (Å²) in [6.45, 7) is 6.47. The Hall–Kier alpha value is -2.76. The second kappa shape index (κ2) is 11.1. The van der Waals surface area contributed by atoms with Gasteiger partial charge in [0, 0.05) is 49.2 Å². The van der Waals surface area contributed by atoms with Gasteiger partial charge in [-0.3, -0.25) is 23.9 Å². The maximum Gasteiger partial charge on any atom is 0.394 e. The highest BCUT2D eigenvalue weighted by molar-refractivity contribution is 7.97. The van der Waals surface area contributed by atoms with E-state index in [9.17, 15) is 22.8 Å². The molecule has 8 nitrogen and oxygen atoms in total. The van der Waals surface area contributed by atoms with Crippen LogP contribution in [0.25, 0.3) is 0 Å². The first-order chi connectivity index (χ1) is 20.0. The summed E-state index contributed by atoms with van der Waals surface area (Å²) in [6, 6.07) is 5.39. The van der Waals surface area contributed by atoms with E-state index < -0.39 is 11.6 Å². The van der Waals surface area contributed by atoms with Crippen LogP contribution >= 0.6 is 11.9 Å². The SMILES string of the molecule is CC1(C)CC2CCCn3ccc(n3)SNC(=O)c3ccc(N4CCC(CCCCC5(C(F)(F)F)CC5)C4=O)nc3N1C2. The van der Waals surface area contributed by atoms with Crippen LogP contribution in [0.5, 0.6) is 0 Å². The number of pyridine rings is 1. The Morgan fingerprint density at radius 2 is 1.90 bits per heavy atom. The molecule has 1 saturated carbocycles. The van der Waals surface area contributed by atoms with E-state index >= 15 is 0 Å². The number of fused-ring (bicyclic) bond motifs is 6. The molecular formula is C30H39F3N6O2S. The van der Waals surface area contributed by atoms with E-state index in [0.717, 1.165) is 37.4 Å². The Balaban J connectivity index is 1.19. The molecule has 2 unspecified atom stereocenters. The number of anilines is 2. The first-order valence-electron chi connectivity index (χ1n) is 15.1. The minimum absolute atomic E-state index is 0.0329. The highest BCUT2D eigenvalue weighted by Crippen LogP contribution is 2.60. The molecule has 4 aliphatic rings. The van der Waals surface area contributed by atoms with Gasteiger partial charge in [-0.25, -0.2) is 4.98 Å². The van der Waals surface area contributed by atoms with Gasteiger partial charge in [0.1, 0.15) is 16.7 Å². The van der Waals surface area contributed by atoms with Crippen molar-refractivity contribution in [1.82, 2.24) is 19.5 Å². The fraction of sp³-hybridized carbons (Fsp3) is 0.667. The number of hydrogen-bond acceptors (Lipinski definition) is 6. The molecule has 6 rings (SSSR count). The largest absolute Gasteiger partial charge is 0.394 e. The Labute approximate surface area is 248 Å². The average Bonchev–Trinajstić information content (AvgIpc) is 3.31. The molecule has 5 heterocycles. The topological polar surface area (TPSA) is 83.4 Å². The smallest absolute Gasteiger partial charge is 0.350 e. The van der Waals surface area contributed by atoms with Crippen molar-refractivity contribution in [2.45, 2.75) is 101 Å². The van der Waals surface area contributed by atoms with Gasteiger partial charge in [0.15, 0.2) is 0 Å². The van der Waals surface area contributed by atoms with E-state index in [-0.39, 0.29) is 42.5 Å². The molecule has 4 bridgehead atoms. The van der Waals surface area contributed by atoms with E-state index in [4.69, 9.17) is 4.98 Å². The molecule has 2 aromatic rings. The standard InChI is InChI=1S/C30H39F3N6O2S/c1-28(2)18-20-6-5-15-37-16-11-24(35-37)42-36-26(40)22-8-9-23(34-25(22)39(28)19-20)38-17-10-21(27(38)41)7-3-4-12-29(13-14-29)30(31,32)33/h8-9,11,16,20-21H,3-7,10,12-15,17-19H2,1-2H3,(H,36,40). The van der Waals surface area contributed by atoms with Gasteiger partial charge in [0.25, 0.3) is 5.91 Å². The van der Waals surface area contributed by atoms with Crippen LogP contribution in [0.15, 0.2) is 29.4 Å². The van der Waals surface area contributed by atoms with Crippen LogP contribution < -0.4 is 14.5 Å². The first kappa shape index (κ1) is 29.3. The minimum Gasteiger partial charge on any atom is -0.350 e. The maximum atomic E-state index is 13.4. The van der Waals surface area contributed by atoms with Gasteiger partial charge in [-0.15, -0.1) is 0 Å². The lowest BCUT2D eigenvalue weighted by molar-refractivity contribution is -0.189. The summed E-state index contributed by atoms with van der Waals surface area (Å²) in [5, 5.41) is 5.27. The van der Waals surface area contributed by atoms with Gasteiger partial charge in [0.2, 0.25) is 5.91 Å². The number of halogens is 3. The predicted octanol–water partition coefficient (Wildman–Crippen LogP) is 6.37. The zero-order chi connectivity index (χ0) is 29.7. The number of carbonyl (C=O) groups excluding carboxylic acids is 2. The number of amides is 2. The van der Waals surface area contributed by atoms with Crippen LogP contribution in [-0.2, 0) is 11.3 Å². The summed E-state index contributed by atoms with van der Waals surface area (Å²) in [4.78, 5) is 35.7. The van der Waals surface area contributed by atoms with Gasteiger partial charge in [-0.05, 0) is 89.3 Å². The predicted molar refractivity (Wildman–Crippen MR) is 155 cm³/mol. The van der Waals surface area contributed by atoms with Crippen LogP contribution in [0, 0.1) is 17.3 Å². The summed E-state index contributed by atoms with van der Waals surface area (Å²) in [5.74, 6) is 1.04. The Bertz CT molecular complexity index is 1340. The van der Waals surface area contributed by atoms with Crippen molar-refractivity contribution in [3.63, 3.8) is 0 Å². The maximum absolute atomic E-state index is 13.4. The molecule has 3 fully saturated rings. The first-order valence-corrected chi connectivity index (χ1v) is 15.9. The van der Waals surface area contributed by atoms with E-state index in [2.05, 4.69) is 28.6 Å². The average molecular weight is 605 g/mol. The molecule has 2 atom stereocenters. The van der Waals surface area contributed by atoms with Gasteiger partial charge < -0.3 is 4.90 Å².